The van der Waals surface area contributed by atoms with Crippen LogP contribution in [0.1, 0.15) is 0 Å². The first kappa shape index (κ1) is 6.88. The van der Waals surface area contributed by atoms with Crippen molar-refractivity contribution >= 4 is 34.0 Å². The average molecular weight is 186 g/mol. The Bertz CT molecular complexity index is 398. The van der Waals surface area contributed by atoms with Crippen LogP contribution < -0.4 is 0 Å². The smallest absolute Gasteiger partial charge is 0.134 e. The first-order chi connectivity index (χ1) is 5.29. The van der Waals surface area contributed by atoms with E-state index in [1.54, 1.807) is 12.1 Å². The molecule has 0 radical (unpaired) electrons. The number of benzene rings is 1. The molecule has 0 saturated carbocycles. The van der Waals surface area contributed by atoms with Gasteiger partial charge in [-0.3, -0.25) is 0 Å². The molecule has 0 unspecified atom stereocenters. The fraction of sp³-hybridized carbons (Fsp3) is 0. The Balaban J connectivity index is 2.93. The molecule has 0 aliphatic heterocycles. The minimum Gasteiger partial charge on any atom is -0.506 e. The topological polar surface area (TPSA) is 33.1 Å². The summed E-state index contributed by atoms with van der Waals surface area (Å²) in [4.78, 5) is 0. The quantitative estimate of drug-likeness (QED) is 0.685. The lowest BCUT2D eigenvalue weighted by atomic mass is 10.2. The summed E-state index contributed by atoms with van der Waals surface area (Å²) in [6, 6.07) is 3.29. The zero-order chi connectivity index (χ0) is 7.84. The number of aromatic hydroxyl groups is 1. The van der Waals surface area contributed by atoms with Gasteiger partial charge in [-0.1, -0.05) is 11.6 Å². The van der Waals surface area contributed by atoms with Crippen molar-refractivity contribution in [2.24, 2.45) is 0 Å². The lowest BCUT2D eigenvalue weighted by Gasteiger charge is -1.94. The van der Waals surface area contributed by atoms with Gasteiger partial charge in [0.05, 0.1) is 10.5 Å². The largest absolute Gasteiger partial charge is 0.506 e. The van der Waals surface area contributed by atoms with E-state index < -0.39 is 0 Å². The van der Waals surface area contributed by atoms with Crippen molar-refractivity contribution in [1.29, 1.82) is 0 Å². The van der Waals surface area contributed by atoms with E-state index in [1.807, 2.05) is 5.38 Å². The second-order valence-corrected chi connectivity index (χ2v) is 3.15. The van der Waals surface area contributed by atoms with Gasteiger partial charge in [-0.05, 0) is 23.7 Å². The van der Waals surface area contributed by atoms with Gasteiger partial charge in [0.15, 0.2) is 0 Å². The van der Waals surface area contributed by atoms with Crippen molar-refractivity contribution in [2.45, 2.75) is 0 Å². The fourth-order valence-corrected chi connectivity index (χ4v) is 1.85. The molecule has 0 spiro atoms. The van der Waals surface area contributed by atoms with Crippen LogP contribution in [0.3, 0.4) is 0 Å². The molecule has 0 aliphatic rings. The van der Waals surface area contributed by atoms with E-state index in [1.165, 1.54) is 11.5 Å². The molecule has 4 heteroatoms. The van der Waals surface area contributed by atoms with Crippen LogP contribution in [0.4, 0.5) is 0 Å². The van der Waals surface area contributed by atoms with E-state index in [-0.39, 0.29) is 5.75 Å². The van der Waals surface area contributed by atoms with E-state index in [0.717, 1.165) is 10.9 Å². The summed E-state index contributed by atoms with van der Waals surface area (Å²) in [6.07, 6.45) is 0. The standard InChI is InChI=1S/C7H4ClNOS/c8-7-4-3-11-9-5(4)1-2-6(7)10/h1-3,10H. The summed E-state index contributed by atoms with van der Waals surface area (Å²) in [7, 11) is 0. The van der Waals surface area contributed by atoms with Crippen molar-refractivity contribution in [3.8, 4) is 5.75 Å². The van der Waals surface area contributed by atoms with Gasteiger partial charge in [0, 0.05) is 10.8 Å². The minimum atomic E-state index is 0.111. The highest BCUT2D eigenvalue weighted by Gasteiger charge is 2.04. The maximum absolute atomic E-state index is 9.18. The normalized spacial score (nSPS) is 10.6. The SMILES string of the molecule is Oc1ccc2nscc2c1Cl. The summed E-state index contributed by atoms with van der Waals surface area (Å²) < 4.78 is 4.07. The highest BCUT2D eigenvalue weighted by molar-refractivity contribution is 7.04. The monoisotopic (exact) mass is 185 g/mol. The maximum atomic E-state index is 9.18. The zero-order valence-corrected chi connectivity index (χ0v) is 6.99. The number of fused-ring (bicyclic) bond motifs is 1. The van der Waals surface area contributed by atoms with E-state index in [0.29, 0.717) is 5.02 Å². The van der Waals surface area contributed by atoms with Crippen LogP contribution in [-0.4, -0.2) is 9.48 Å². The Hall–Kier alpha value is -0.800. The Morgan fingerprint density at radius 3 is 3.09 bits per heavy atom. The molecule has 1 heterocycles. The number of halogens is 1. The molecule has 1 N–H and O–H groups in total. The molecule has 56 valence electrons. The molecule has 0 fully saturated rings. The highest BCUT2D eigenvalue weighted by atomic mass is 35.5. The molecule has 0 amide bonds. The summed E-state index contributed by atoms with van der Waals surface area (Å²) in [6.45, 7) is 0. The fourth-order valence-electron chi connectivity index (χ4n) is 0.899. The molecule has 1 aromatic carbocycles. The van der Waals surface area contributed by atoms with Gasteiger partial charge >= 0.3 is 0 Å². The van der Waals surface area contributed by atoms with Crippen molar-refractivity contribution in [3.63, 3.8) is 0 Å². The van der Waals surface area contributed by atoms with Gasteiger partial charge in [0.1, 0.15) is 5.75 Å². The third-order valence-electron chi connectivity index (χ3n) is 1.46. The van der Waals surface area contributed by atoms with Crippen LogP contribution in [0.5, 0.6) is 5.75 Å². The molecule has 11 heavy (non-hydrogen) atoms. The number of phenols is 1. The predicted molar refractivity (Wildman–Crippen MR) is 46.3 cm³/mol. The zero-order valence-electron chi connectivity index (χ0n) is 5.41. The Morgan fingerprint density at radius 2 is 2.27 bits per heavy atom. The summed E-state index contributed by atoms with van der Waals surface area (Å²) in [5.41, 5.74) is 0.831. The van der Waals surface area contributed by atoms with E-state index >= 15 is 0 Å². The second kappa shape index (κ2) is 2.36. The first-order valence-electron chi connectivity index (χ1n) is 3.00. The summed E-state index contributed by atoms with van der Waals surface area (Å²) in [5.74, 6) is 0.111. The van der Waals surface area contributed by atoms with Crippen LogP contribution in [0.15, 0.2) is 17.5 Å². The number of aromatic nitrogens is 1. The number of hydrogen-bond acceptors (Lipinski definition) is 3. The molecular weight excluding hydrogens is 182 g/mol. The summed E-state index contributed by atoms with van der Waals surface area (Å²) >= 11 is 7.11. The lowest BCUT2D eigenvalue weighted by molar-refractivity contribution is 0.476. The van der Waals surface area contributed by atoms with Gasteiger partial charge in [-0.2, -0.15) is 4.37 Å². The lowest BCUT2D eigenvalue weighted by Crippen LogP contribution is -1.70. The maximum Gasteiger partial charge on any atom is 0.134 e. The van der Waals surface area contributed by atoms with Crippen LogP contribution in [-0.2, 0) is 0 Å². The van der Waals surface area contributed by atoms with Crippen LogP contribution >= 0.6 is 23.1 Å². The summed E-state index contributed by atoms with van der Waals surface area (Å²) in [5, 5.41) is 12.2. The number of nitrogens with zero attached hydrogens (tertiary/aromatic N) is 1. The molecule has 2 nitrogen and oxygen atoms in total. The Kier molecular flexibility index (Phi) is 1.47. The molecular formula is C7H4ClNOS. The molecule has 0 aliphatic carbocycles. The van der Waals surface area contributed by atoms with Gasteiger partial charge in [0.25, 0.3) is 0 Å². The van der Waals surface area contributed by atoms with Crippen LogP contribution in [0.25, 0.3) is 10.9 Å². The van der Waals surface area contributed by atoms with Gasteiger partial charge in [0.2, 0.25) is 0 Å². The Morgan fingerprint density at radius 1 is 1.45 bits per heavy atom. The van der Waals surface area contributed by atoms with Gasteiger partial charge in [-0.25, -0.2) is 0 Å². The molecule has 2 aromatic rings. The van der Waals surface area contributed by atoms with Crippen molar-refractivity contribution in [3.05, 3.63) is 22.5 Å². The van der Waals surface area contributed by atoms with Gasteiger partial charge < -0.3 is 5.11 Å². The van der Waals surface area contributed by atoms with Crippen LogP contribution in [0.2, 0.25) is 5.02 Å². The highest BCUT2D eigenvalue weighted by Crippen LogP contribution is 2.31. The third-order valence-corrected chi connectivity index (χ3v) is 2.50. The van der Waals surface area contributed by atoms with Crippen LogP contribution in [0, 0.1) is 0 Å². The van der Waals surface area contributed by atoms with E-state index in [2.05, 4.69) is 4.37 Å². The second-order valence-electron chi connectivity index (χ2n) is 2.15. The molecule has 2 rings (SSSR count). The van der Waals surface area contributed by atoms with Crippen molar-refractivity contribution < 1.29 is 5.11 Å². The van der Waals surface area contributed by atoms with E-state index in [9.17, 15) is 5.11 Å². The number of hydrogen-bond donors (Lipinski definition) is 1. The molecule has 0 saturated heterocycles. The molecule has 1 aromatic heterocycles. The minimum absolute atomic E-state index is 0.111. The van der Waals surface area contributed by atoms with Crippen molar-refractivity contribution in [1.82, 2.24) is 4.37 Å². The average Bonchev–Trinajstić information content (AvgIpc) is 2.45. The third kappa shape index (κ3) is 0.968. The molecule has 0 bridgehead atoms. The predicted octanol–water partition coefficient (Wildman–Crippen LogP) is 2.66. The number of rotatable bonds is 0. The first-order valence-corrected chi connectivity index (χ1v) is 4.22. The molecule has 0 atom stereocenters. The van der Waals surface area contributed by atoms with Crippen molar-refractivity contribution in [2.75, 3.05) is 0 Å². The van der Waals surface area contributed by atoms with E-state index in [4.69, 9.17) is 11.6 Å². The van der Waals surface area contributed by atoms with Gasteiger partial charge in [-0.15, -0.1) is 0 Å². The number of phenolic OH excluding ortho intramolecular Hbond substituents is 1. The Labute approximate surface area is 72.2 Å².